The monoisotopic (exact) mass is 310 g/mol. The molecule has 0 aliphatic heterocycles. The first kappa shape index (κ1) is 17.9. The minimum absolute atomic E-state index is 0.0253. The molecular formula is C15H22N2O5. The summed E-state index contributed by atoms with van der Waals surface area (Å²) in [6.07, 6.45) is 0.365. The highest BCUT2D eigenvalue weighted by atomic mass is 16.7. The van der Waals surface area contributed by atoms with Crippen LogP contribution in [0.25, 0.3) is 0 Å². The van der Waals surface area contributed by atoms with Gasteiger partial charge in [-0.2, -0.15) is 0 Å². The van der Waals surface area contributed by atoms with Gasteiger partial charge in [-0.1, -0.05) is 12.1 Å². The second-order valence-electron chi connectivity index (χ2n) is 5.57. The largest absolute Gasteiger partial charge is 0.467 e. The molecule has 3 N–H and O–H groups in total. The third-order valence-corrected chi connectivity index (χ3v) is 2.67. The van der Waals surface area contributed by atoms with E-state index < -0.39 is 17.2 Å². The summed E-state index contributed by atoms with van der Waals surface area (Å²) in [4.78, 5) is 23.1. The smallest absolute Gasteiger partial charge is 0.276 e. The molecule has 7 nitrogen and oxygen atoms in total. The molecule has 0 aliphatic rings. The van der Waals surface area contributed by atoms with E-state index in [0.717, 1.165) is 0 Å². The van der Waals surface area contributed by atoms with Gasteiger partial charge in [-0.05, 0) is 32.9 Å². The SMILES string of the molecule is COCOc1ccccc1C(NC=O)(OC(C)(C)C)C(N)=O. The molecule has 1 unspecified atom stereocenters. The van der Waals surface area contributed by atoms with Gasteiger partial charge in [0.05, 0.1) is 11.2 Å². The molecule has 0 saturated carbocycles. The number of carbonyl (C=O) groups is 2. The predicted molar refractivity (Wildman–Crippen MR) is 79.9 cm³/mol. The van der Waals surface area contributed by atoms with Gasteiger partial charge in [0.25, 0.3) is 11.6 Å². The zero-order valence-electron chi connectivity index (χ0n) is 13.2. The van der Waals surface area contributed by atoms with E-state index in [1.807, 2.05) is 0 Å². The number of carbonyl (C=O) groups excluding carboxylic acids is 2. The average molecular weight is 310 g/mol. The third kappa shape index (κ3) is 4.19. The first-order valence-electron chi connectivity index (χ1n) is 6.69. The van der Waals surface area contributed by atoms with Crippen molar-refractivity contribution in [3.63, 3.8) is 0 Å². The van der Waals surface area contributed by atoms with Crippen LogP contribution in [0.4, 0.5) is 0 Å². The van der Waals surface area contributed by atoms with Crippen molar-refractivity contribution in [1.29, 1.82) is 0 Å². The summed E-state index contributed by atoms with van der Waals surface area (Å²) < 4.78 is 16.1. The standard InChI is InChI=1S/C15H22N2O5/c1-14(2,3)22-15(13(16)19,17-9-18)11-7-5-6-8-12(11)21-10-20-4/h5-9H,10H2,1-4H3,(H2,16,19)(H,17,18). The molecule has 0 radical (unpaired) electrons. The van der Waals surface area contributed by atoms with Crippen LogP contribution in [0, 0.1) is 0 Å². The van der Waals surface area contributed by atoms with E-state index in [2.05, 4.69) is 5.32 Å². The number of primary amides is 1. The summed E-state index contributed by atoms with van der Waals surface area (Å²) in [5, 5.41) is 2.39. The maximum absolute atomic E-state index is 12.1. The van der Waals surface area contributed by atoms with Gasteiger partial charge in [0.1, 0.15) is 5.75 Å². The maximum Gasteiger partial charge on any atom is 0.276 e. The Bertz CT molecular complexity index is 527. The lowest BCUT2D eigenvalue weighted by Gasteiger charge is -2.37. The van der Waals surface area contributed by atoms with Gasteiger partial charge in [0, 0.05) is 7.11 Å². The van der Waals surface area contributed by atoms with Crippen LogP contribution in [-0.4, -0.2) is 31.8 Å². The number of hydrogen-bond acceptors (Lipinski definition) is 5. The van der Waals surface area contributed by atoms with Crippen molar-refractivity contribution in [2.75, 3.05) is 13.9 Å². The van der Waals surface area contributed by atoms with Gasteiger partial charge < -0.3 is 25.3 Å². The molecule has 0 saturated heterocycles. The zero-order chi connectivity index (χ0) is 16.8. The van der Waals surface area contributed by atoms with Crippen molar-refractivity contribution >= 4 is 12.3 Å². The number of methoxy groups -OCH3 is 1. The number of para-hydroxylation sites is 1. The second-order valence-corrected chi connectivity index (χ2v) is 5.57. The number of ether oxygens (including phenoxy) is 3. The van der Waals surface area contributed by atoms with Gasteiger partial charge in [-0.25, -0.2) is 0 Å². The van der Waals surface area contributed by atoms with E-state index in [1.165, 1.54) is 7.11 Å². The van der Waals surface area contributed by atoms with Gasteiger partial charge in [0.15, 0.2) is 6.79 Å². The Hall–Kier alpha value is -2.12. The highest BCUT2D eigenvalue weighted by Gasteiger charge is 2.45. The minimum atomic E-state index is -1.84. The van der Waals surface area contributed by atoms with Crippen LogP contribution < -0.4 is 15.8 Å². The van der Waals surface area contributed by atoms with Gasteiger partial charge in [-0.15, -0.1) is 0 Å². The van der Waals surface area contributed by atoms with Gasteiger partial charge in [0.2, 0.25) is 6.41 Å². The molecule has 0 bridgehead atoms. The molecule has 1 atom stereocenters. The second kappa shape index (κ2) is 7.24. The fourth-order valence-electron chi connectivity index (χ4n) is 1.96. The van der Waals surface area contributed by atoms with Crippen LogP contribution in [0.5, 0.6) is 5.75 Å². The molecule has 0 aromatic heterocycles. The fraction of sp³-hybridized carbons (Fsp3) is 0.467. The van der Waals surface area contributed by atoms with Crippen LogP contribution in [-0.2, 0) is 24.8 Å². The summed E-state index contributed by atoms with van der Waals surface area (Å²) in [6, 6.07) is 6.63. The van der Waals surface area contributed by atoms with E-state index >= 15 is 0 Å². The average Bonchev–Trinajstić information content (AvgIpc) is 2.43. The lowest BCUT2D eigenvalue weighted by molar-refractivity contribution is -0.178. The topological polar surface area (TPSA) is 99.9 Å². The van der Waals surface area contributed by atoms with E-state index in [0.29, 0.717) is 17.7 Å². The molecule has 0 aliphatic carbocycles. The summed E-state index contributed by atoms with van der Waals surface area (Å²) in [5.74, 6) is -0.537. The Morgan fingerprint density at radius 1 is 1.32 bits per heavy atom. The summed E-state index contributed by atoms with van der Waals surface area (Å²) in [5.41, 5.74) is 3.22. The maximum atomic E-state index is 12.1. The first-order valence-corrected chi connectivity index (χ1v) is 6.69. The Morgan fingerprint density at radius 2 is 1.95 bits per heavy atom. The minimum Gasteiger partial charge on any atom is -0.467 e. The molecule has 1 aromatic carbocycles. The van der Waals surface area contributed by atoms with Gasteiger partial charge >= 0.3 is 0 Å². The zero-order valence-corrected chi connectivity index (χ0v) is 13.2. The first-order chi connectivity index (χ1) is 10.3. The van der Waals surface area contributed by atoms with Crippen LogP contribution in [0.2, 0.25) is 0 Å². The molecule has 0 heterocycles. The Morgan fingerprint density at radius 3 is 2.45 bits per heavy atom. The third-order valence-electron chi connectivity index (χ3n) is 2.67. The number of nitrogens with one attached hydrogen (secondary N) is 1. The highest BCUT2D eigenvalue weighted by Crippen LogP contribution is 2.34. The molecule has 0 spiro atoms. The number of rotatable bonds is 8. The number of nitrogens with two attached hydrogens (primary N) is 1. The molecule has 0 fully saturated rings. The molecule has 7 heteroatoms. The highest BCUT2D eigenvalue weighted by molar-refractivity contribution is 5.87. The Kier molecular flexibility index (Phi) is 5.90. The number of amides is 2. The van der Waals surface area contributed by atoms with E-state index in [4.69, 9.17) is 19.9 Å². The summed E-state index contributed by atoms with van der Waals surface area (Å²) in [7, 11) is 1.47. The van der Waals surface area contributed by atoms with Crippen LogP contribution >= 0.6 is 0 Å². The molecule has 1 rings (SSSR count). The molecule has 2 amide bonds. The van der Waals surface area contributed by atoms with Crippen LogP contribution in [0.15, 0.2) is 24.3 Å². The van der Waals surface area contributed by atoms with Crippen molar-refractivity contribution in [3.8, 4) is 5.75 Å². The number of benzene rings is 1. The van der Waals surface area contributed by atoms with Crippen molar-refractivity contribution in [2.24, 2.45) is 5.73 Å². The summed E-state index contributed by atoms with van der Waals surface area (Å²) in [6.45, 7) is 5.21. The summed E-state index contributed by atoms with van der Waals surface area (Å²) >= 11 is 0. The van der Waals surface area contributed by atoms with Gasteiger partial charge in [-0.3, -0.25) is 9.59 Å². The van der Waals surface area contributed by atoms with E-state index in [1.54, 1.807) is 45.0 Å². The number of hydrogen-bond donors (Lipinski definition) is 2. The fourth-order valence-corrected chi connectivity index (χ4v) is 1.96. The molecule has 1 aromatic rings. The normalized spacial score (nSPS) is 14.0. The molecule has 22 heavy (non-hydrogen) atoms. The Balaban J connectivity index is 3.43. The lowest BCUT2D eigenvalue weighted by Crippen LogP contribution is -2.57. The molecule has 122 valence electrons. The molecular weight excluding hydrogens is 288 g/mol. The van der Waals surface area contributed by atoms with Crippen molar-refractivity contribution in [2.45, 2.75) is 32.1 Å². The lowest BCUT2D eigenvalue weighted by atomic mass is 9.99. The van der Waals surface area contributed by atoms with Crippen molar-refractivity contribution in [3.05, 3.63) is 29.8 Å². The van der Waals surface area contributed by atoms with E-state index in [9.17, 15) is 9.59 Å². The van der Waals surface area contributed by atoms with Crippen LogP contribution in [0.1, 0.15) is 26.3 Å². The predicted octanol–water partition coefficient (Wildman–Crippen LogP) is 0.868. The van der Waals surface area contributed by atoms with Crippen molar-refractivity contribution in [1.82, 2.24) is 5.32 Å². The Labute approximate surface area is 129 Å². The van der Waals surface area contributed by atoms with Crippen LogP contribution in [0.3, 0.4) is 0 Å². The van der Waals surface area contributed by atoms with Crippen molar-refractivity contribution < 1.29 is 23.8 Å². The van der Waals surface area contributed by atoms with E-state index in [-0.39, 0.29) is 6.79 Å². The quantitative estimate of drug-likeness (QED) is 0.548.